The molecular formula is C30H34N4O4S. The van der Waals surface area contributed by atoms with E-state index >= 15 is 0 Å². The van der Waals surface area contributed by atoms with Crippen LogP contribution in [0.3, 0.4) is 0 Å². The van der Waals surface area contributed by atoms with Crippen LogP contribution in [0.1, 0.15) is 39.2 Å². The molecule has 39 heavy (non-hydrogen) atoms. The van der Waals surface area contributed by atoms with Gasteiger partial charge in [-0.1, -0.05) is 24.3 Å². The molecule has 4 rings (SSSR count). The molecule has 0 atom stereocenters. The summed E-state index contributed by atoms with van der Waals surface area (Å²) in [4.78, 5) is 33.0. The van der Waals surface area contributed by atoms with Gasteiger partial charge in [0.05, 0.1) is 36.0 Å². The van der Waals surface area contributed by atoms with Crippen molar-refractivity contribution in [3.63, 3.8) is 0 Å². The highest BCUT2D eigenvalue weighted by Crippen LogP contribution is 2.40. The summed E-state index contributed by atoms with van der Waals surface area (Å²) >= 11 is 1.51. The molecule has 0 spiro atoms. The predicted octanol–water partition coefficient (Wildman–Crippen LogP) is 5.98. The Labute approximate surface area is 233 Å². The lowest BCUT2D eigenvalue weighted by Crippen LogP contribution is -2.32. The normalized spacial score (nSPS) is 13.7. The average molecular weight is 547 g/mol. The number of anilines is 3. The Bertz CT molecular complexity index is 1380. The van der Waals surface area contributed by atoms with E-state index in [0.717, 1.165) is 33.3 Å². The summed E-state index contributed by atoms with van der Waals surface area (Å²) in [5.41, 5.74) is 6.67. The first kappa shape index (κ1) is 27.9. The zero-order chi connectivity index (χ0) is 28.1. The molecule has 0 unspecified atom stereocenters. The Morgan fingerprint density at radius 3 is 2.15 bits per heavy atom. The number of carbonyl (C=O) groups excluding carboxylic acids is 2. The minimum Gasteiger partial charge on any atom is -0.463 e. The molecule has 2 aromatic carbocycles. The maximum Gasteiger partial charge on any atom is 0.336 e. The highest BCUT2D eigenvalue weighted by molar-refractivity contribution is 7.14. The van der Waals surface area contributed by atoms with Crippen LogP contribution in [-0.2, 0) is 19.1 Å². The van der Waals surface area contributed by atoms with Crippen LogP contribution in [-0.4, -0.2) is 44.2 Å². The van der Waals surface area contributed by atoms with Gasteiger partial charge in [-0.15, -0.1) is 11.3 Å². The molecule has 0 saturated heterocycles. The number of nitrogens with one attached hydrogen (secondary N) is 2. The fourth-order valence-electron chi connectivity index (χ4n) is 4.60. The summed E-state index contributed by atoms with van der Waals surface area (Å²) in [5, 5.41) is 9.30. The van der Waals surface area contributed by atoms with Gasteiger partial charge in [0.1, 0.15) is 0 Å². The van der Waals surface area contributed by atoms with Gasteiger partial charge in [-0.2, -0.15) is 0 Å². The van der Waals surface area contributed by atoms with E-state index in [2.05, 4.69) is 39.8 Å². The number of nitrogens with zero attached hydrogens (tertiary/aromatic N) is 2. The number of hydrogen-bond donors (Lipinski definition) is 2. The average Bonchev–Trinajstić information content (AvgIpc) is 3.37. The number of esters is 2. The van der Waals surface area contributed by atoms with Crippen molar-refractivity contribution in [2.45, 2.75) is 33.6 Å². The van der Waals surface area contributed by atoms with Crippen LogP contribution in [0.4, 0.5) is 16.5 Å². The van der Waals surface area contributed by atoms with Crippen molar-refractivity contribution in [1.29, 1.82) is 0 Å². The van der Waals surface area contributed by atoms with E-state index in [0.29, 0.717) is 22.5 Å². The third-order valence-electron chi connectivity index (χ3n) is 6.41. The molecule has 2 heterocycles. The lowest BCUT2D eigenvalue weighted by Gasteiger charge is -2.30. The van der Waals surface area contributed by atoms with Gasteiger partial charge in [0.25, 0.3) is 0 Å². The van der Waals surface area contributed by atoms with Crippen molar-refractivity contribution in [1.82, 2.24) is 10.3 Å². The number of benzene rings is 2. The largest absolute Gasteiger partial charge is 0.463 e. The number of carbonyl (C=O) groups is 2. The maximum absolute atomic E-state index is 13.1. The molecule has 1 aliphatic rings. The first-order chi connectivity index (χ1) is 18.7. The monoisotopic (exact) mass is 546 g/mol. The first-order valence-corrected chi connectivity index (χ1v) is 13.7. The van der Waals surface area contributed by atoms with E-state index in [1.807, 2.05) is 57.6 Å². The van der Waals surface area contributed by atoms with E-state index in [1.165, 1.54) is 11.3 Å². The number of thiazole rings is 1. The number of rotatable bonds is 9. The zero-order valence-electron chi connectivity index (χ0n) is 23.1. The predicted molar refractivity (Wildman–Crippen MR) is 156 cm³/mol. The van der Waals surface area contributed by atoms with Crippen LogP contribution >= 0.6 is 11.3 Å². The van der Waals surface area contributed by atoms with Gasteiger partial charge in [0.2, 0.25) is 0 Å². The Morgan fingerprint density at radius 1 is 0.974 bits per heavy atom. The summed E-state index contributed by atoms with van der Waals surface area (Å²) in [5.74, 6) is -1.58. The molecule has 8 nitrogen and oxygen atoms in total. The van der Waals surface area contributed by atoms with Gasteiger partial charge >= 0.3 is 11.9 Å². The van der Waals surface area contributed by atoms with Crippen LogP contribution in [0.2, 0.25) is 0 Å². The Morgan fingerprint density at radius 2 is 1.59 bits per heavy atom. The molecular weight excluding hydrogens is 512 g/mol. The summed E-state index contributed by atoms with van der Waals surface area (Å²) in [6, 6.07) is 15.9. The molecule has 0 amide bonds. The second kappa shape index (κ2) is 12.2. The van der Waals surface area contributed by atoms with Crippen molar-refractivity contribution in [2.75, 3.05) is 37.5 Å². The molecule has 0 saturated carbocycles. The summed E-state index contributed by atoms with van der Waals surface area (Å²) < 4.78 is 10.8. The summed E-state index contributed by atoms with van der Waals surface area (Å²) in [6.07, 6.45) is 0. The van der Waals surface area contributed by atoms with Crippen LogP contribution in [0.25, 0.3) is 11.3 Å². The second-order valence-electron chi connectivity index (χ2n) is 9.31. The molecule has 0 bridgehead atoms. The molecule has 0 fully saturated rings. The van der Waals surface area contributed by atoms with Crippen molar-refractivity contribution >= 4 is 39.8 Å². The standard InChI is InChI=1S/C30H34N4O4S/c1-7-37-28(35)25-18(3)31-19(4)26(29(36)38-8-2)27(25)21-10-9-11-22(16-21)32-30-33-24(17-39-30)20-12-14-23(15-13-20)34(5)6/h9-17,27,31H,7-8H2,1-6H3,(H,32,33). The fourth-order valence-corrected chi connectivity index (χ4v) is 5.34. The topological polar surface area (TPSA) is 92.8 Å². The lowest BCUT2D eigenvalue weighted by molar-refractivity contribution is -0.139. The van der Waals surface area contributed by atoms with Gasteiger partial charge in [-0.05, 0) is 57.5 Å². The van der Waals surface area contributed by atoms with Gasteiger partial charge in [-0.25, -0.2) is 14.6 Å². The quantitative estimate of drug-likeness (QED) is 0.317. The van der Waals surface area contributed by atoms with Crippen molar-refractivity contribution in [3.05, 3.63) is 82.0 Å². The van der Waals surface area contributed by atoms with E-state index < -0.39 is 17.9 Å². The van der Waals surface area contributed by atoms with Gasteiger partial charge in [0.15, 0.2) is 5.13 Å². The molecule has 0 radical (unpaired) electrons. The van der Waals surface area contributed by atoms with Crippen LogP contribution in [0, 0.1) is 0 Å². The summed E-state index contributed by atoms with van der Waals surface area (Å²) in [7, 11) is 4.02. The van der Waals surface area contributed by atoms with E-state index in [9.17, 15) is 9.59 Å². The van der Waals surface area contributed by atoms with Gasteiger partial charge < -0.3 is 25.0 Å². The summed E-state index contributed by atoms with van der Waals surface area (Å²) in [6.45, 7) is 7.60. The van der Waals surface area contributed by atoms with Crippen molar-refractivity contribution < 1.29 is 19.1 Å². The van der Waals surface area contributed by atoms with Gasteiger partial charge in [-0.3, -0.25) is 0 Å². The van der Waals surface area contributed by atoms with Crippen LogP contribution in [0.5, 0.6) is 0 Å². The van der Waals surface area contributed by atoms with E-state index in [1.54, 1.807) is 13.8 Å². The van der Waals surface area contributed by atoms with Crippen molar-refractivity contribution in [3.8, 4) is 11.3 Å². The van der Waals surface area contributed by atoms with Crippen LogP contribution in [0.15, 0.2) is 76.5 Å². The highest BCUT2D eigenvalue weighted by Gasteiger charge is 2.38. The molecule has 2 N–H and O–H groups in total. The third kappa shape index (κ3) is 6.15. The zero-order valence-corrected chi connectivity index (χ0v) is 23.9. The number of allylic oxidation sites excluding steroid dienone is 2. The molecule has 1 aromatic heterocycles. The Balaban J connectivity index is 1.66. The molecule has 9 heteroatoms. The first-order valence-electron chi connectivity index (χ1n) is 12.9. The lowest BCUT2D eigenvalue weighted by atomic mass is 9.80. The van der Waals surface area contributed by atoms with E-state index in [4.69, 9.17) is 14.5 Å². The third-order valence-corrected chi connectivity index (χ3v) is 7.16. The fraction of sp³-hybridized carbons (Fsp3) is 0.300. The highest BCUT2D eigenvalue weighted by atomic mass is 32.1. The van der Waals surface area contributed by atoms with Crippen LogP contribution < -0.4 is 15.5 Å². The minimum atomic E-state index is -0.645. The Hall–Kier alpha value is -4.11. The number of hydrogen-bond acceptors (Lipinski definition) is 9. The van der Waals surface area contributed by atoms with E-state index in [-0.39, 0.29) is 13.2 Å². The number of dihydropyridines is 1. The second-order valence-corrected chi connectivity index (χ2v) is 10.2. The molecule has 3 aromatic rings. The number of ether oxygens (including phenoxy) is 2. The maximum atomic E-state index is 13.1. The van der Waals surface area contributed by atoms with Gasteiger partial charge in [0, 0.05) is 47.8 Å². The van der Waals surface area contributed by atoms with Crippen molar-refractivity contribution in [2.24, 2.45) is 0 Å². The Kier molecular flexibility index (Phi) is 8.71. The number of aromatic nitrogens is 1. The SMILES string of the molecule is CCOC(=O)C1=C(C)NC(C)=C(C(=O)OCC)C1c1cccc(Nc2nc(-c3ccc(N(C)C)cc3)cs2)c1. The smallest absolute Gasteiger partial charge is 0.336 e. The minimum absolute atomic E-state index is 0.228. The molecule has 0 aliphatic carbocycles. The molecule has 1 aliphatic heterocycles. The molecule has 204 valence electrons.